The van der Waals surface area contributed by atoms with Crippen molar-refractivity contribution in [1.82, 2.24) is 4.90 Å². The molecule has 2 aliphatic rings. The first-order valence-electron chi connectivity index (χ1n) is 5.14. The quantitative estimate of drug-likeness (QED) is 0.602. The first-order chi connectivity index (χ1) is 6.20. The van der Waals surface area contributed by atoms with Crippen LogP contribution in [0.25, 0.3) is 0 Å². The van der Waals surface area contributed by atoms with Crippen molar-refractivity contribution in [2.45, 2.75) is 44.2 Å². The van der Waals surface area contributed by atoms with E-state index in [4.69, 9.17) is 0 Å². The predicted octanol–water partition coefficient (Wildman–Crippen LogP) is 0.768. The van der Waals surface area contributed by atoms with E-state index in [0.717, 1.165) is 25.7 Å². The summed E-state index contributed by atoms with van der Waals surface area (Å²) in [6.45, 7) is 0. The Kier molecular flexibility index (Phi) is 2.28. The summed E-state index contributed by atoms with van der Waals surface area (Å²) in [4.78, 5) is 13.2. The Labute approximate surface area is 78.7 Å². The number of aliphatic hydroxyl groups is 1. The molecule has 1 aliphatic carbocycles. The fourth-order valence-corrected chi connectivity index (χ4v) is 2.74. The van der Waals surface area contributed by atoms with Crippen LogP contribution in [-0.4, -0.2) is 35.1 Å². The van der Waals surface area contributed by atoms with Gasteiger partial charge in [-0.1, -0.05) is 0 Å². The van der Waals surface area contributed by atoms with E-state index in [1.807, 2.05) is 11.9 Å². The first-order valence-corrected chi connectivity index (χ1v) is 5.14. The second kappa shape index (κ2) is 3.29. The second-order valence-corrected chi connectivity index (χ2v) is 4.27. The van der Waals surface area contributed by atoms with Gasteiger partial charge in [0.1, 0.15) is 0 Å². The van der Waals surface area contributed by atoms with Crippen molar-refractivity contribution in [3.63, 3.8) is 0 Å². The molecule has 3 atom stereocenters. The average molecular weight is 183 g/mol. The van der Waals surface area contributed by atoms with Gasteiger partial charge in [0.05, 0.1) is 6.10 Å². The highest BCUT2D eigenvalue weighted by Gasteiger charge is 2.39. The first kappa shape index (κ1) is 9.00. The topological polar surface area (TPSA) is 40.5 Å². The lowest BCUT2D eigenvalue weighted by Crippen LogP contribution is -2.51. The maximum absolute atomic E-state index is 11.4. The number of amides is 1. The molecule has 1 N–H and O–H groups in total. The Hall–Kier alpha value is -0.570. The minimum Gasteiger partial charge on any atom is -0.393 e. The zero-order valence-electron chi connectivity index (χ0n) is 8.07. The van der Waals surface area contributed by atoms with E-state index in [9.17, 15) is 9.90 Å². The van der Waals surface area contributed by atoms with Gasteiger partial charge in [0, 0.05) is 25.4 Å². The van der Waals surface area contributed by atoms with Crippen molar-refractivity contribution in [3.05, 3.63) is 0 Å². The van der Waals surface area contributed by atoms with E-state index in [0.29, 0.717) is 18.4 Å². The molecular weight excluding hydrogens is 166 g/mol. The molecular formula is C10H17NO2. The van der Waals surface area contributed by atoms with E-state index in [1.54, 1.807) is 0 Å². The molecule has 0 radical (unpaired) electrons. The number of nitrogens with zero attached hydrogens (tertiary/aromatic N) is 1. The highest BCUT2D eigenvalue weighted by atomic mass is 16.3. The lowest BCUT2D eigenvalue weighted by Gasteiger charge is -2.44. The van der Waals surface area contributed by atoms with Crippen LogP contribution in [0.1, 0.15) is 32.1 Å². The number of hydrogen-bond donors (Lipinski definition) is 1. The zero-order valence-corrected chi connectivity index (χ0v) is 8.07. The van der Waals surface area contributed by atoms with Gasteiger partial charge < -0.3 is 10.0 Å². The van der Waals surface area contributed by atoms with E-state index in [2.05, 4.69) is 0 Å². The van der Waals surface area contributed by atoms with Gasteiger partial charge >= 0.3 is 0 Å². The third kappa shape index (κ3) is 1.46. The van der Waals surface area contributed by atoms with Crippen LogP contribution in [-0.2, 0) is 4.79 Å². The number of hydrogen-bond acceptors (Lipinski definition) is 2. The fourth-order valence-electron chi connectivity index (χ4n) is 2.74. The van der Waals surface area contributed by atoms with Crippen LogP contribution in [0.4, 0.5) is 0 Å². The maximum Gasteiger partial charge on any atom is 0.222 e. The molecule has 0 bridgehead atoms. The number of fused-ring (bicyclic) bond motifs is 1. The SMILES string of the molecule is CN1C(=O)CCC2C(O)CCCC21. The molecule has 1 heterocycles. The van der Waals surface area contributed by atoms with Crippen molar-refractivity contribution >= 4 is 5.91 Å². The van der Waals surface area contributed by atoms with Crippen LogP contribution < -0.4 is 0 Å². The third-order valence-corrected chi connectivity index (χ3v) is 3.57. The predicted molar refractivity (Wildman–Crippen MR) is 49.1 cm³/mol. The second-order valence-electron chi connectivity index (χ2n) is 4.27. The van der Waals surface area contributed by atoms with Crippen molar-refractivity contribution in [3.8, 4) is 0 Å². The summed E-state index contributed by atoms with van der Waals surface area (Å²) in [6, 6.07) is 0.310. The summed E-state index contributed by atoms with van der Waals surface area (Å²) in [7, 11) is 1.87. The minimum atomic E-state index is -0.172. The summed E-state index contributed by atoms with van der Waals surface area (Å²) >= 11 is 0. The lowest BCUT2D eigenvalue weighted by atomic mass is 9.76. The average Bonchev–Trinajstić information content (AvgIpc) is 2.12. The molecule has 1 amide bonds. The van der Waals surface area contributed by atoms with Gasteiger partial charge in [-0.2, -0.15) is 0 Å². The van der Waals surface area contributed by atoms with Crippen molar-refractivity contribution in [2.75, 3.05) is 7.05 Å². The normalized spacial score (nSPS) is 40.3. The number of aliphatic hydroxyl groups excluding tert-OH is 1. The molecule has 3 heteroatoms. The van der Waals surface area contributed by atoms with Crippen molar-refractivity contribution in [1.29, 1.82) is 0 Å². The fraction of sp³-hybridized carbons (Fsp3) is 0.900. The highest BCUT2D eigenvalue weighted by Crippen LogP contribution is 2.35. The Bertz CT molecular complexity index is 217. The Morgan fingerprint density at radius 2 is 2.15 bits per heavy atom. The van der Waals surface area contributed by atoms with Crippen LogP contribution in [0, 0.1) is 5.92 Å². The number of carbonyl (C=O) groups is 1. The molecule has 1 saturated carbocycles. The van der Waals surface area contributed by atoms with Crippen LogP contribution in [0.15, 0.2) is 0 Å². The van der Waals surface area contributed by atoms with E-state index < -0.39 is 0 Å². The minimum absolute atomic E-state index is 0.172. The van der Waals surface area contributed by atoms with E-state index in [1.165, 1.54) is 0 Å². The molecule has 2 fully saturated rings. The van der Waals surface area contributed by atoms with Gasteiger partial charge in [-0.25, -0.2) is 0 Å². The molecule has 0 spiro atoms. The Balaban J connectivity index is 2.12. The van der Waals surface area contributed by atoms with Gasteiger partial charge in [-0.3, -0.25) is 4.79 Å². The van der Waals surface area contributed by atoms with Crippen LogP contribution in [0.3, 0.4) is 0 Å². The molecule has 0 aromatic rings. The molecule has 3 nitrogen and oxygen atoms in total. The third-order valence-electron chi connectivity index (χ3n) is 3.57. The molecule has 13 heavy (non-hydrogen) atoms. The number of piperidine rings is 1. The van der Waals surface area contributed by atoms with Crippen LogP contribution >= 0.6 is 0 Å². The largest absolute Gasteiger partial charge is 0.393 e. The zero-order chi connectivity index (χ0) is 9.42. The summed E-state index contributed by atoms with van der Waals surface area (Å²) < 4.78 is 0. The van der Waals surface area contributed by atoms with Gasteiger partial charge in [0.2, 0.25) is 5.91 Å². The summed E-state index contributed by atoms with van der Waals surface area (Å²) in [5.41, 5.74) is 0. The molecule has 1 saturated heterocycles. The molecule has 1 aliphatic heterocycles. The number of likely N-dealkylation sites (tertiary alicyclic amines) is 1. The number of carbonyl (C=O) groups excluding carboxylic acids is 1. The lowest BCUT2D eigenvalue weighted by molar-refractivity contribution is -0.141. The molecule has 2 rings (SSSR count). The smallest absolute Gasteiger partial charge is 0.222 e. The maximum atomic E-state index is 11.4. The van der Waals surface area contributed by atoms with Gasteiger partial charge in [-0.15, -0.1) is 0 Å². The summed E-state index contributed by atoms with van der Waals surface area (Å²) in [6.07, 6.45) is 4.38. The Morgan fingerprint density at radius 3 is 2.92 bits per heavy atom. The van der Waals surface area contributed by atoms with Crippen molar-refractivity contribution in [2.24, 2.45) is 5.92 Å². The monoisotopic (exact) mass is 183 g/mol. The van der Waals surface area contributed by atoms with Gasteiger partial charge in [-0.05, 0) is 25.7 Å². The standard InChI is InChI=1S/C10H17NO2/c1-11-8-3-2-4-9(12)7(8)5-6-10(11)13/h7-9,12H,2-6H2,1H3. The van der Waals surface area contributed by atoms with Gasteiger partial charge in [0.25, 0.3) is 0 Å². The molecule has 0 aromatic heterocycles. The summed E-state index contributed by atoms with van der Waals surface area (Å²) in [5, 5.41) is 9.77. The van der Waals surface area contributed by atoms with E-state index >= 15 is 0 Å². The molecule has 74 valence electrons. The van der Waals surface area contributed by atoms with Crippen molar-refractivity contribution < 1.29 is 9.90 Å². The highest BCUT2D eigenvalue weighted by molar-refractivity contribution is 5.77. The summed E-state index contributed by atoms with van der Waals surface area (Å²) in [5.74, 6) is 0.590. The molecule has 0 aromatic carbocycles. The van der Waals surface area contributed by atoms with E-state index in [-0.39, 0.29) is 12.0 Å². The number of rotatable bonds is 0. The Morgan fingerprint density at radius 1 is 1.38 bits per heavy atom. The van der Waals surface area contributed by atoms with Crippen LogP contribution in [0.2, 0.25) is 0 Å². The van der Waals surface area contributed by atoms with Gasteiger partial charge in [0.15, 0.2) is 0 Å². The molecule has 3 unspecified atom stereocenters. The van der Waals surface area contributed by atoms with Crippen LogP contribution in [0.5, 0.6) is 0 Å².